The van der Waals surface area contributed by atoms with Crippen molar-refractivity contribution in [2.45, 2.75) is 12.8 Å². The Morgan fingerprint density at radius 2 is 1.68 bits per heavy atom. The number of rotatable bonds is 3. The van der Waals surface area contributed by atoms with Crippen LogP contribution in [0.5, 0.6) is 5.75 Å². The van der Waals surface area contributed by atoms with Gasteiger partial charge in [-0.25, -0.2) is 0 Å². The summed E-state index contributed by atoms with van der Waals surface area (Å²) in [6, 6.07) is 12.7. The normalized spacial score (nSPS) is 11.3. The number of nitrogens with two attached hydrogens (primary N) is 1. The fraction of sp³-hybridized carbons (Fsp3) is 0.143. The maximum absolute atomic E-state index is 12.7. The molecule has 2 nitrogen and oxygen atoms in total. The van der Waals surface area contributed by atoms with E-state index >= 15 is 0 Å². The van der Waals surface area contributed by atoms with Crippen LogP contribution in [0.15, 0.2) is 48.5 Å². The standard InChI is InChI=1S/C14H12F3NO/c15-14(16,17)12-8-10(6-7-13(12)18)9-19-11-4-2-1-3-5-11/h1-8H,9,18H2. The first-order valence-electron chi connectivity index (χ1n) is 5.60. The van der Waals surface area contributed by atoms with E-state index < -0.39 is 11.7 Å². The first-order valence-corrected chi connectivity index (χ1v) is 5.60. The van der Waals surface area contributed by atoms with Gasteiger partial charge in [0.1, 0.15) is 12.4 Å². The highest BCUT2D eigenvalue weighted by Crippen LogP contribution is 2.34. The molecule has 100 valence electrons. The summed E-state index contributed by atoms with van der Waals surface area (Å²) in [5, 5.41) is 0. The van der Waals surface area contributed by atoms with Crippen LogP contribution in [0, 0.1) is 0 Å². The van der Waals surface area contributed by atoms with Gasteiger partial charge in [0, 0.05) is 5.69 Å². The Morgan fingerprint density at radius 1 is 1.00 bits per heavy atom. The third-order valence-electron chi connectivity index (χ3n) is 2.57. The SMILES string of the molecule is Nc1ccc(COc2ccccc2)cc1C(F)(F)F. The molecule has 2 aromatic rings. The van der Waals surface area contributed by atoms with E-state index in [1.165, 1.54) is 12.1 Å². The van der Waals surface area contributed by atoms with Gasteiger partial charge < -0.3 is 10.5 Å². The number of alkyl halides is 3. The molecule has 0 radical (unpaired) electrons. The Bertz CT molecular complexity index is 552. The van der Waals surface area contributed by atoms with Crippen molar-refractivity contribution in [1.29, 1.82) is 0 Å². The van der Waals surface area contributed by atoms with Crippen LogP contribution in [0.3, 0.4) is 0 Å². The lowest BCUT2D eigenvalue weighted by Crippen LogP contribution is -2.10. The number of nitrogen functional groups attached to an aromatic ring is 1. The molecule has 0 aliphatic carbocycles. The third kappa shape index (κ3) is 3.40. The molecular formula is C14H12F3NO. The van der Waals surface area contributed by atoms with Crippen LogP contribution in [0.2, 0.25) is 0 Å². The molecule has 0 aromatic heterocycles. The molecule has 19 heavy (non-hydrogen) atoms. The summed E-state index contributed by atoms with van der Waals surface area (Å²) in [5.41, 5.74) is 4.63. The van der Waals surface area contributed by atoms with E-state index in [9.17, 15) is 13.2 Å². The van der Waals surface area contributed by atoms with Gasteiger partial charge in [-0.1, -0.05) is 24.3 Å². The molecule has 2 N–H and O–H groups in total. The molecule has 2 rings (SSSR count). The first-order chi connectivity index (χ1) is 8.97. The van der Waals surface area contributed by atoms with Crippen LogP contribution in [-0.2, 0) is 12.8 Å². The molecule has 0 heterocycles. The van der Waals surface area contributed by atoms with Crippen LogP contribution in [0.1, 0.15) is 11.1 Å². The number of hydrogen-bond donors (Lipinski definition) is 1. The van der Waals surface area contributed by atoms with E-state index in [0.717, 1.165) is 6.07 Å². The maximum Gasteiger partial charge on any atom is 0.418 e. The zero-order valence-corrected chi connectivity index (χ0v) is 9.95. The highest BCUT2D eigenvalue weighted by atomic mass is 19.4. The van der Waals surface area contributed by atoms with E-state index in [2.05, 4.69) is 0 Å². The molecule has 2 aromatic carbocycles. The molecule has 0 aliphatic heterocycles. The van der Waals surface area contributed by atoms with Crippen molar-refractivity contribution in [3.63, 3.8) is 0 Å². The lowest BCUT2D eigenvalue weighted by atomic mass is 10.1. The fourth-order valence-electron chi connectivity index (χ4n) is 1.62. The fourth-order valence-corrected chi connectivity index (χ4v) is 1.62. The number of para-hydroxylation sites is 1. The van der Waals surface area contributed by atoms with Crippen LogP contribution < -0.4 is 10.5 Å². The number of benzene rings is 2. The van der Waals surface area contributed by atoms with E-state index in [1.807, 2.05) is 6.07 Å². The topological polar surface area (TPSA) is 35.2 Å². The van der Waals surface area contributed by atoms with Crippen molar-refractivity contribution in [2.75, 3.05) is 5.73 Å². The number of ether oxygens (including phenoxy) is 1. The summed E-state index contributed by atoms with van der Waals surface area (Å²) in [7, 11) is 0. The van der Waals surface area contributed by atoms with Gasteiger partial charge in [-0.15, -0.1) is 0 Å². The van der Waals surface area contributed by atoms with Crippen molar-refractivity contribution in [2.24, 2.45) is 0 Å². The van der Waals surface area contributed by atoms with Crippen molar-refractivity contribution in [3.8, 4) is 5.75 Å². The second kappa shape index (κ2) is 5.22. The minimum absolute atomic E-state index is 0.0629. The van der Waals surface area contributed by atoms with Crippen LogP contribution in [0.25, 0.3) is 0 Å². The number of halogens is 3. The number of anilines is 1. The molecule has 5 heteroatoms. The summed E-state index contributed by atoms with van der Waals surface area (Å²) in [6.07, 6.45) is -4.45. The molecule has 0 saturated carbocycles. The van der Waals surface area contributed by atoms with Crippen LogP contribution >= 0.6 is 0 Å². The van der Waals surface area contributed by atoms with E-state index in [-0.39, 0.29) is 12.3 Å². The minimum Gasteiger partial charge on any atom is -0.489 e. The Labute approximate surface area is 108 Å². The average Bonchev–Trinajstić information content (AvgIpc) is 2.37. The number of hydrogen-bond acceptors (Lipinski definition) is 2. The highest BCUT2D eigenvalue weighted by molar-refractivity contribution is 5.50. The van der Waals surface area contributed by atoms with Crippen molar-refractivity contribution < 1.29 is 17.9 Å². The summed E-state index contributed by atoms with van der Waals surface area (Å²) in [4.78, 5) is 0. The second-order valence-corrected chi connectivity index (χ2v) is 4.02. The van der Waals surface area contributed by atoms with Gasteiger partial charge in [0.15, 0.2) is 0 Å². The Hall–Kier alpha value is -2.17. The quantitative estimate of drug-likeness (QED) is 0.857. The molecule has 0 aliphatic rings. The van der Waals surface area contributed by atoms with Crippen molar-refractivity contribution in [1.82, 2.24) is 0 Å². The van der Waals surface area contributed by atoms with Crippen LogP contribution in [0.4, 0.5) is 18.9 Å². The van der Waals surface area contributed by atoms with E-state index in [4.69, 9.17) is 10.5 Å². The molecule has 0 fully saturated rings. The van der Waals surface area contributed by atoms with Gasteiger partial charge in [-0.3, -0.25) is 0 Å². The Balaban J connectivity index is 2.14. The molecule has 0 saturated heterocycles. The molecule has 0 unspecified atom stereocenters. The highest BCUT2D eigenvalue weighted by Gasteiger charge is 2.33. The Kier molecular flexibility index (Phi) is 3.64. The van der Waals surface area contributed by atoms with Gasteiger partial charge in [-0.2, -0.15) is 13.2 Å². The summed E-state index contributed by atoms with van der Waals surface area (Å²) < 4.78 is 43.4. The van der Waals surface area contributed by atoms with Crippen molar-refractivity contribution >= 4 is 5.69 Å². The second-order valence-electron chi connectivity index (χ2n) is 4.02. The van der Waals surface area contributed by atoms with E-state index in [0.29, 0.717) is 11.3 Å². The first kappa shape index (κ1) is 13.3. The van der Waals surface area contributed by atoms with Crippen LogP contribution in [-0.4, -0.2) is 0 Å². The molecule has 0 atom stereocenters. The summed E-state index contributed by atoms with van der Waals surface area (Å²) in [6.45, 7) is 0.0629. The smallest absolute Gasteiger partial charge is 0.418 e. The largest absolute Gasteiger partial charge is 0.489 e. The third-order valence-corrected chi connectivity index (χ3v) is 2.57. The Morgan fingerprint density at radius 3 is 2.32 bits per heavy atom. The van der Waals surface area contributed by atoms with Gasteiger partial charge >= 0.3 is 6.18 Å². The molecule has 0 amide bonds. The molecular weight excluding hydrogens is 255 g/mol. The average molecular weight is 267 g/mol. The van der Waals surface area contributed by atoms with Gasteiger partial charge in [0.05, 0.1) is 5.56 Å². The lowest BCUT2D eigenvalue weighted by molar-refractivity contribution is -0.137. The maximum atomic E-state index is 12.7. The van der Waals surface area contributed by atoms with Gasteiger partial charge in [-0.05, 0) is 29.8 Å². The molecule has 0 bridgehead atoms. The lowest BCUT2D eigenvalue weighted by Gasteiger charge is -2.12. The predicted molar refractivity (Wildman–Crippen MR) is 66.6 cm³/mol. The summed E-state index contributed by atoms with van der Waals surface area (Å²) in [5.74, 6) is 0.605. The monoisotopic (exact) mass is 267 g/mol. The summed E-state index contributed by atoms with van der Waals surface area (Å²) >= 11 is 0. The zero-order chi connectivity index (χ0) is 13.9. The molecule has 0 spiro atoms. The predicted octanol–water partition coefficient (Wildman–Crippen LogP) is 3.87. The van der Waals surface area contributed by atoms with Crippen molar-refractivity contribution in [3.05, 3.63) is 59.7 Å². The van der Waals surface area contributed by atoms with E-state index in [1.54, 1.807) is 24.3 Å². The zero-order valence-electron chi connectivity index (χ0n) is 9.95. The van der Waals surface area contributed by atoms with Gasteiger partial charge in [0.2, 0.25) is 0 Å². The van der Waals surface area contributed by atoms with Gasteiger partial charge in [0.25, 0.3) is 0 Å². The minimum atomic E-state index is -4.45.